The molecule has 0 aromatic carbocycles. The van der Waals surface area contributed by atoms with Crippen molar-refractivity contribution in [1.29, 1.82) is 0 Å². The topological polar surface area (TPSA) is 24.9 Å². The van der Waals surface area contributed by atoms with Gasteiger partial charge in [0.25, 0.3) is 0 Å². The molecule has 1 atom stereocenters. The molecule has 0 spiro atoms. The van der Waals surface area contributed by atoms with Gasteiger partial charge in [-0.3, -0.25) is 0 Å². The second kappa shape index (κ2) is 4.84. The third-order valence-corrected chi connectivity index (χ3v) is 4.00. The zero-order valence-corrected chi connectivity index (χ0v) is 11.5. The molecule has 2 rings (SSSR count). The fraction of sp³-hybridized carbons (Fsp3) is 0.769. The van der Waals surface area contributed by atoms with E-state index in [1.807, 2.05) is 11.3 Å². The van der Waals surface area contributed by atoms with E-state index in [1.165, 1.54) is 23.5 Å². The van der Waals surface area contributed by atoms with E-state index in [2.05, 4.69) is 38.4 Å². The minimum atomic E-state index is 0.449. The largest absolute Gasteiger partial charge is 0.305 e. The normalized spacial score (nSPS) is 18.4. The van der Waals surface area contributed by atoms with E-state index < -0.39 is 0 Å². The van der Waals surface area contributed by atoms with Gasteiger partial charge in [-0.2, -0.15) is 0 Å². The van der Waals surface area contributed by atoms with E-state index in [0.717, 1.165) is 6.04 Å². The zero-order chi connectivity index (χ0) is 11.7. The van der Waals surface area contributed by atoms with Gasteiger partial charge in [0.05, 0.1) is 11.7 Å². The van der Waals surface area contributed by atoms with Crippen molar-refractivity contribution in [1.82, 2.24) is 10.3 Å². The highest BCUT2D eigenvalue weighted by Crippen LogP contribution is 2.31. The number of hydrogen-bond donors (Lipinski definition) is 1. The van der Waals surface area contributed by atoms with E-state index in [0.29, 0.717) is 17.9 Å². The Morgan fingerprint density at radius 2 is 2.00 bits per heavy atom. The van der Waals surface area contributed by atoms with Gasteiger partial charge in [-0.25, -0.2) is 4.98 Å². The first-order valence-electron chi connectivity index (χ1n) is 6.29. The van der Waals surface area contributed by atoms with E-state index in [4.69, 9.17) is 4.98 Å². The van der Waals surface area contributed by atoms with Crippen LogP contribution in [0.5, 0.6) is 0 Å². The molecule has 2 nitrogen and oxygen atoms in total. The summed E-state index contributed by atoms with van der Waals surface area (Å²) in [4.78, 5) is 4.77. The fourth-order valence-corrected chi connectivity index (χ4v) is 2.97. The molecule has 3 heteroatoms. The van der Waals surface area contributed by atoms with E-state index in [-0.39, 0.29) is 0 Å². The van der Waals surface area contributed by atoms with Crippen molar-refractivity contribution in [3.8, 4) is 0 Å². The Morgan fingerprint density at radius 1 is 1.31 bits per heavy atom. The van der Waals surface area contributed by atoms with Crippen molar-refractivity contribution >= 4 is 11.3 Å². The zero-order valence-electron chi connectivity index (χ0n) is 10.7. The first kappa shape index (κ1) is 12.1. The van der Waals surface area contributed by atoms with Crippen LogP contribution in [0.15, 0.2) is 5.38 Å². The van der Waals surface area contributed by atoms with Crippen LogP contribution in [0.3, 0.4) is 0 Å². The summed E-state index contributed by atoms with van der Waals surface area (Å²) in [5.41, 5.74) is 1.24. The predicted octanol–water partition coefficient (Wildman–Crippen LogP) is 3.72. The predicted molar refractivity (Wildman–Crippen MR) is 69.9 cm³/mol. The molecule has 0 saturated heterocycles. The smallest absolute Gasteiger partial charge is 0.110 e. The lowest BCUT2D eigenvalue weighted by Gasteiger charge is -2.20. The van der Waals surface area contributed by atoms with Crippen LogP contribution in [0.2, 0.25) is 0 Å². The summed E-state index contributed by atoms with van der Waals surface area (Å²) in [5, 5.41) is 7.19. The summed E-state index contributed by atoms with van der Waals surface area (Å²) < 4.78 is 0. The molecule has 1 saturated carbocycles. The highest BCUT2D eigenvalue weighted by Gasteiger charge is 2.28. The maximum Gasteiger partial charge on any atom is 0.110 e. The van der Waals surface area contributed by atoms with Crippen molar-refractivity contribution in [3.63, 3.8) is 0 Å². The quantitative estimate of drug-likeness (QED) is 0.845. The minimum Gasteiger partial charge on any atom is -0.305 e. The molecule has 1 aliphatic carbocycles. The van der Waals surface area contributed by atoms with Crippen molar-refractivity contribution in [2.75, 3.05) is 0 Å². The number of thiazole rings is 1. The van der Waals surface area contributed by atoms with E-state index in [9.17, 15) is 0 Å². The lowest BCUT2D eigenvalue weighted by atomic mass is 10.0. The Morgan fingerprint density at radius 3 is 2.44 bits per heavy atom. The summed E-state index contributed by atoms with van der Waals surface area (Å²) in [6, 6.07) is 1.20. The first-order chi connectivity index (χ1) is 7.58. The molecule has 0 bridgehead atoms. The van der Waals surface area contributed by atoms with E-state index >= 15 is 0 Å². The van der Waals surface area contributed by atoms with Crippen LogP contribution in [0.1, 0.15) is 63.2 Å². The van der Waals surface area contributed by atoms with Crippen LogP contribution >= 0.6 is 11.3 Å². The molecule has 0 amide bonds. The minimum absolute atomic E-state index is 0.449. The third-order valence-electron chi connectivity index (χ3n) is 3.06. The summed E-state index contributed by atoms with van der Waals surface area (Å²) in [6.45, 7) is 8.96. The number of hydrogen-bond acceptors (Lipinski definition) is 3. The number of nitrogens with one attached hydrogen (secondary N) is 1. The van der Waals surface area contributed by atoms with Crippen LogP contribution in [-0.4, -0.2) is 11.0 Å². The van der Waals surface area contributed by atoms with Crippen LogP contribution < -0.4 is 5.32 Å². The highest BCUT2D eigenvalue weighted by atomic mass is 32.1. The highest BCUT2D eigenvalue weighted by molar-refractivity contribution is 7.09. The van der Waals surface area contributed by atoms with Crippen molar-refractivity contribution in [2.24, 2.45) is 5.92 Å². The first-order valence-corrected chi connectivity index (χ1v) is 7.17. The number of rotatable bonds is 5. The molecule has 0 radical (unpaired) electrons. The van der Waals surface area contributed by atoms with Gasteiger partial charge in [0.15, 0.2) is 0 Å². The molecule has 1 fully saturated rings. The molecule has 1 N–H and O–H groups in total. The van der Waals surface area contributed by atoms with Gasteiger partial charge in [-0.05, 0) is 24.7 Å². The molecule has 16 heavy (non-hydrogen) atoms. The Bertz CT molecular complexity index is 339. The lowest BCUT2D eigenvalue weighted by Crippen LogP contribution is -2.27. The van der Waals surface area contributed by atoms with E-state index in [1.54, 1.807) is 0 Å². The Hall–Kier alpha value is -0.410. The number of nitrogens with zero attached hydrogens (tertiary/aromatic N) is 1. The number of aromatic nitrogens is 1. The monoisotopic (exact) mass is 238 g/mol. The average Bonchev–Trinajstić information content (AvgIpc) is 2.89. The summed E-state index contributed by atoms with van der Waals surface area (Å²) in [6.07, 6.45) is 2.68. The van der Waals surface area contributed by atoms with Gasteiger partial charge in [0.1, 0.15) is 5.01 Å². The van der Waals surface area contributed by atoms with Gasteiger partial charge in [-0.1, -0.05) is 27.7 Å². The second-order valence-corrected chi connectivity index (χ2v) is 6.32. The van der Waals surface area contributed by atoms with Crippen molar-refractivity contribution in [2.45, 2.75) is 58.5 Å². The van der Waals surface area contributed by atoms with Crippen LogP contribution in [0.4, 0.5) is 0 Å². The average molecular weight is 238 g/mol. The van der Waals surface area contributed by atoms with Gasteiger partial charge in [-0.15, -0.1) is 11.3 Å². The molecule has 0 aliphatic heterocycles. The Balaban J connectivity index is 2.10. The Kier molecular flexibility index (Phi) is 3.65. The molecule has 1 aliphatic rings. The van der Waals surface area contributed by atoms with Gasteiger partial charge < -0.3 is 5.32 Å². The van der Waals surface area contributed by atoms with Gasteiger partial charge in [0.2, 0.25) is 0 Å². The molecule has 1 aromatic heterocycles. The third kappa shape index (κ3) is 2.83. The molecule has 1 heterocycles. The maximum atomic E-state index is 4.77. The summed E-state index contributed by atoms with van der Waals surface area (Å²) in [7, 11) is 0. The summed E-state index contributed by atoms with van der Waals surface area (Å²) in [5.74, 6) is 1.16. The molecule has 1 unspecified atom stereocenters. The van der Waals surface area contributed by atoms with Crippen LogP contribution in [0.25, 0.3) is 0 Å². The molecule has 1 aromatic rings. The SMILES string of the molecule is CC(C)c1csc(C(NC2CC2)C(C)C)n1. The summed E-state index contributed by atoms with van der Waals surface area (Å²) >= 11 is 1.81. The standard InChI is InChI=1S/C13H22N2S/c1-8(2)11-7-16-13(15-11)12(9(3)4)14-10-5-6-10/h7-10,12,14H,5-6H2,1-4H3. The fourth-order valence-electron chi connectivity index (χ4n) is 1.76. The molecular weight excluding hydrogens is 216 g/mol. The van der Waals surface area contributed by atoms with Crippen molar-refractivity contribution < 1.29 is 0 Å². The van der Waals surface area contributed by atoms with Crippen molar-refractivity contribution in [3.05, 3.63) is 16.1 Å². The van der Waals surface area contributed by atoms with Gasteiger partial charge >= 0.3 is 0 Å². The molecule has 90 valence electrons. The van der Waals surface area contributed by atoms with Crippen LogP contribution in [-0.2, 0) is 0 Å². The lowest BCUT2D eigenvalue weighted by molar-refractivity contribution is 0.407. The van der Waals surface area contributed by atoms with Crippen LogP contribution in [0, 0.1) is 5.92 Å². The maximum absolute atomic E-state index is 4.77. The molecular formula is C13H22N2S. The second-order valence-electron chi connectivity index (χ2n) is 5.43. The Labute approximate surface area is 102 Å². The van der Waals surface area contributed by atoms with Gasteiger partial charge in [0, 0.05) is 11.4 Å².